The summed E-state index contributed by atoms with van der Waals surface area (Å²) in [7, 11) is 0. The van der Waals surface area contributed by atoms with E-state index in [0.29, 0.717) is 16.9 Å². The van der Waals surface area contributed by atoms with Crippen LogP contribution in [0.5, 0.6) is 17.2 Å². The van der Waals surface area contributed by atoms with Gasteiger partial charge in [0.25, 0.3) is 0 Å². The Hall–Kier alpha value is -2.42. The van der Waals surface area contributed by atoms with Crippen molar-refractivity contribution in [2.45, 2.75) is 46.1 Å². The maximum atomic E-state index is 10.7. The first kappa shape index (κ1) is 16.4. The average Bonchev–Trinajstić information content (AvgIpc) is 2.51. The lowest BCUT2D eigenvalue weighted by molar-refractivity contribution is 0.101. The van der Waals surface area contributed by atoms with E-state index in [9.17, 15) is 10.2 Å². The number of allylic oxidation sites excluding steroid dienone is 1. The Morgan fingerprint density at radius 3 is 2.62 bits per heavy atom. The van der Waals surface area contributed by atoms with Crippen molar-refractivity contribution in [3.05, 3.63) is 47.0 Å². The number of phenolic OH excluding ortho intramolecular Hbond substituents is 2. The van der Waals surface area contributed by atoms with Crippen LogP contribution in [0.3, 0.4) is 0 Å². The summed E-state index contributed by atoms with van der Waals surface area (Å²) in [5, 5.41) is 21.3. The third-order valence-electron chi connectivity index (χ3n) is 4.47. The molecule has 3 rings (SSSR count). The Morgan fingerprint density at radius 2 is 1.92 bits per heavy atom. The normalized spacial score (nSPS) is 15.0. The molecule has 0 bridgehead atoms. The zero-order valence-electron chi connectivity index (χ0n) is 14.7. The standard InChI is InChI=1S/C21H24O3/c1-5-6-7-8-14-12-17(22)18-15-11-13(2)9-10-16(15)21(3,4)24-20(18)19(14)23/h7-12,22-23H,5-6H2,1-4H3/b8-7+. The van der Waals surface area contributed by atoms with Crippen LogP contribution in [0.1, 0.15) is 50.3 Å². The van der Waals surface area contributed by atoms with Gasteiger partial charge in [-0.2, -0.15) is 0 Å². The fourth-order valence-corrected chi connectivity index (χ4v) is 3.22. The number of hydrogen-bond acceptors (Lipinski definition) is 3. The van der Waals surface area contributed by atoms with Crippen LogP contribution < -0.4 is 4.74 Å². The molecule has 0 fully saturated rings. The predicted molar refractivity (Wildman–Crippen MR) is 97.5 cm³/mol. The van der Waals surface area contributed by atoms with Crippen molar-refractivity contribution < 1.29 is 14.9 Å². The number of unbranched alkanes of at least 4 members (excludes halogenated alkanes) is 1. The number of phenols is 2. The monoisotopic (exact) mass is 324 g/mol. The highest BCUT2D eigenvalue weighted by molar-refractivity contribution is 5.86. The van der Waals surface area contributed by atoms with E-state index >= 15 is 0 Å². The van der Waals surface area contributed by atoms with Gasteiger partial charge in [0.15, 0.2) is 11.5 Å². The van der Waals surface area contributed by atoms with E-state index in [0.717, 1.165) is 29.5 Å². The first-order chi connectivity index (χ1) is 11.3. The van der Waals surface area contributed by atoms with Gasteiger partial charge in [-0.3, -0.25) is 0 Å². The number of fused-ring (bicyclic) bond motifs is 3. The Labute approximate surface area is 143 Å². The molecule has 0 aromatic heterocycles. The maximum Gasteiger partial charge on any atom is 0.174 e. The third kappa shape index (κ3) is 2.64. The van der Waals surface area contributed by atoms with Gasteiger partial charge in [0, 0.05) is 11.1 Å². The van der Waals surface area contributed by atoms with Crippen molar-refractivity contribution in [2.75, 3.05) is 0 Å². The van der Waals surface area contributed by atoms with Crippen LogP contribution in [0.15, 0.2) is 30.3 Å². The smallest absolute Gasteiger partial charge is 0.174 e. The second-order valence-electron chi connectivity index (χ2n) is 6.89. The Kier molecular flexibility index (Phi) is 4.04. The van der Waals surface area contributed by atoms with Crippen LogP contribution >= 0.6 is 0 Å². The topological polar surface area (TPSA) is 49.7 Å². The van der Waals surface area contributed by atoms with E-state index in [1.165, 1.54) is 0 Å². The van der Waals surface area contributed by atoms with E-state index in [-0.39, 0.29) is 11.5 Å². The number of ether oxygens (including phenoxy) is 1. The summed E-state index contributed by atoms with van der Waals surface area (Å²) in [5.41, 5.74) is 3.59. The quantitative estimate of drug-likeness (QED) is 0.731. The molecule has 0 amide bonds. The molecule has 0 radical (unpaired) electrons. The van der Waals surface area contributed by atoms with Crippen molar-refractivity contribution in [3.8, 4) is 28.4 Å². The number of rotatable bonds is 3. The van der Waals surface area contributed by atoms with Crippen molar-refractivity contribution in [3.63, 3.8) is 0 Å². The minimum atomic E-state index is -0.578. The summed E-state index contributed by atoms with van der Waals surface area (Å²) >= 11 is 0. The fourth-order valence-electron chi connectivity index (χ4n) is 3.22. The highest BCUT2D eigenvalue weighted by Gasteiger charge is 2.36. The molecular weight excluding hydrogens is 300 g/mol. The lowest BCUT2D eigenvalue weighted by Crippen LogP contribution is -2.29. The van der Waals surface area contributed by atoms with Gasteiger partial charge in [0.2, 0.25) is 0 Å². The molecule has 0 unspecified atom stereocenters. The molecule has 24 heavy (non-hydrogen) atoms. The van der Waals surface area contributed by atoms with Gasteiger partial charge in [-0.15, -0.1) is 0 Å². The molecular formula is C21H24O3. The highest BCUT2D eigenvalue weighted by Crippen LogP contribution is 2.54. The second kappa shape index (κ2) is 5.90. The summed E-state index contributed by atoms with van der Waals surface area (Å²) in [6, 6.07) is 7.70. The number of aryl methyl sites for hydroxylation is 1. The summed E-state index contributed by atoms with van der Waals surface area (Å²) in [6.07, 6.45) is 5.78. The van der Waals surface area contributed by atoms with E-state index in [2.05, 4.69) is 6.92 Å². The zero-order valence-corrected chi connectivity index (χ0v) is 14.7. The molecule has 2 aromatic rings. The molecule has 1 heterocycles. The summed E-state index contributed by atoms with van der Waals surface area (Å²) in [4.78, 5) is 0. The van der Waals surface area contributed by atoms with E-state index < -0.39 is 5.60 Å². The molecule has 3 heteroatoms. The molecule has 126 valence electrons. The zero-order chi connectivity index (χ0) is 17.5. The molecule has 1 aliphatic rings. The Morgan fingerprint density at radius 1 is 1.17 bits per heavy atom. The van der Waals surface area contributed by atoms with Crippen LogP contribution in [0.25, 0.3) is 17.2 Å². The van der Waals surface area contributed by atoms with Crippen LogP contribution in [0, 0.1) is 6.92 Å². The number of hydrogen-bond donors (Lipinski definition) is 2. The Bertz CT molecular complexity index is 816. The Balaban J connectivity index is 2.24. The SMILES string of the molecule is CCC/C=C/c1cc(O)c2c(c1O)OC(C)(C)c1ccc(C)cc1-2. The van der Waals surface area contributed by atoms with E-state index in [1.807, 2.05) is 51.1 Å². The first-order valence-corrected chi connectivity index (χ1v) is 8.41. The van der Waals surface area contributed by atoms with Crippen LogP contribution in [-0.2, 0) is 5.60 Å². The summed E-state index contributed by atoms with van der Waals surface area (Å²) in [5.74, 6) is 0.561. The molecule has 3 nitrogen and oxygen atoms in total. The molecule has 0 atom stereocenters. The molecule has 0 spiro atoms. The van der Waals surface area contributed by atoms with Gasteiger partial charge >= 0.3 is 0 Å². The van der Waals surface area contributed by atoms with Crippen molar-refractivity contribution in [2.24, 2.45) is 0 Å². The van der Waals surface area contributed by atoms with E-state index in [1.54, 1.807) is 6.07 Å². The summed E-state index contributed by atoms with van der Waals surface area (Å²) in [6.45, 7) is 8.06. The maximum absolute atomic E-state index is 10.7. The predicted octanol–water partition coefficient (Wildman–Crippen LogP) is 5.51. The largest absolute Gasteiger partial charge is 0.507 e. The van der Waals surface area contributed by atoms with Crippen molar-refractivity contribution in [1.82, 2.24) is 0 Å². The molecule has 0 saturated carbocycles. The van der Waals surface area contributed by atoms with Gasteiger partial charge in [0.1, 0.15) is 11.4 Å². The van der Waals surface area contributed by atoms with Crippen molar-refractivity contribution in [1.29, 1.82) is 0 Å². The molecule has 2 N–H and O–H groups in total. The fraction of sp³-hybridized carbons (Fsp3) is 0.333. The van der Waals surface area contributed by atoms with Crippen molar-refractivity contribution >= 4 is 6.08 Å². The molecule has 0 saturated heterocycles. The van der Waals surface area contributed by atoms with Crippen LogP contribution in [0.4, 0.5) is 0 Å². The minimum absolute atomic E-state index is 0.0791. The van der Waals surface area contributed by atoms with Gasteiger partial charge < -0.3 is 14.9 Å². The molecule has 2 aromatic carbocycles. The van der Waals surface area contributed by atoms with Gasteiger partial charge in [-0.05, 0) is 38.8 Å². The minimum Gasteiger partial charge on any atom is -0.507 e. The second-order valence-corrected chi connectivity index (χ2v) is 6.89. The third-order valence-corrected chi connectivity index (χ3v) is 4.47. The molecule has 0 aliphatic carbocycles. The number of benzene rings is 2. The highest BCUT2D eigenvalue weighted by atomic mass is 16.5. The van der Waals surface area contributed by atoms with Gasteiger partial charge in [-0.25, -0.2) is 0 Å². The average molecular weight is 324 g/mol. The van der Waals surface area contributed by atoms with Crippen LogP contribution in [0.2, 0.25) is 0 Å². The lowest BCUT2D eigenvalue weighted by Gasteiger charge is -2.36. The van der Waals surface area contributed by atoms with E-state index in [4.69, 9.17) is 4.74 Å². The lowest BCUT2D eigenvalue weighted by atomic mass is 9.84. The van der Waals surface area contributed by atoms with Gasteiger partial charge in [0.05, 0.1) is 5.56 Å². The summed E-state index contributed by atoms with van der Waals surface area (Å²) < 4.78 is 6.10. The van der Waals surface area contributed by atoms with Gasteiger partial charge in [-0.1, -0.05) is 49.3 Å². The number of aromatic hydroxyl groups is 2. The first-order valence-electron chi connectivity index (χ1n) is 8.41. The molecule has 1 aliphatic heterocycles. The van der Waals surface area contributed by atoms with Crippen LogP contribution in [-0.4, -0.2) is 10.2 Å².